The Bertz CT molecular complexity index is 204. The highest BCUT2D eigenvalue weighted by molar-refractivity contribution is 4.98. The molecule has 1 saturated heterocycles. The van der Waals surface area contributed by atoms with E-state index in [1.165, 1.54) is 45.3 Å². The van der Waals surface area contributed by atoms with Crippen LogP contribution in [0.5, 0.6) is 0 Å². The van der Waals surface area contributed by atoms with E-state index in [-0.39, 0.29) is 0 Å². The average Bonchev–Trinajstić information content (AvgIpc) is 2.69. The number of nitrogens with zero attached hydrogens (tertiary/aromatic N) is 1. The summed E-state index contributed by atoms with van der Waals surface area (Å²) in [6.45, 7) is 7.19. The van der Waals surface area contributed by atoms with Gasteiger partial charge in [0.2, 0.25) is 0 Å². The molecule has 0 spiro atoms. The normalized spacial score (nSPS) is 33.8. The van der Waals surface area contributed by atoms with E-state index in [1.807, 2.05) is 0 Å². The van der Waals surface area contributed by atoms with Crippen molar-refractivity contribution in [2.45, 2.75) is 38.1 Å². The van der Waals surface area contributed by atoms with Crippen molar-refractivity contribution in [3.8, 4) is 0 Å². The van der Waals surface area contributed by atoms with Crippen LogP contribution in [0.2, 0.25) is 0 Å². The first-order valence-corrected chi connectivity index (χ1v) is 5.97. The molecule has 2 aliphatic rings. The first-order chi connectivity index (χ1) is 6.85. The molecule has 2 heteroatoms. The second kappa shape index (κ2) is 4.45. The predicted octanol–water partition coefficient (Wildman–Crippen LogP) is 1.78. The second-order valence-electron chi connectivity index (χ2n) is 4.66. The summed E-state index contributed by atoms with van der Waals surface area (Å²) in [5.74, 6) is 0. The molecule has 0 bridgehead atoms. The minimum atomic E-state index is 0.436. The Morgan fingerprint density at radius 2 is 2.36 bits per heavy atom. The van der Waals surface area contributed by atoms with Gasteiger partial charge in [-0.15, -0.1) is 0 Å². The zero-order valence-electron chi connectivity index (χ0n) is 9.26. The van der Waals surface area contributed by atoms with Crippen molar-refractivity contribution in [1.82, 2.24) is 10.2 Å². The molecule has 0 aromatic carbocycles. The van der Waals surface area contributed by atoms with Crippen molar-refractivity contribution in [2.75, 3.05) is 26.2 Å². The molecular formula is C12H22N2. The van der Waals surface area contributed by atoms with Crippen molar-refractivity contribution in [3.05, 3.63) is 12.2 Å². The van der Waals surface area contributed by atoms with E-state index in [1.54, 1.807) is 0 Å². The summed E-state index contributed by atoms with van der Waals surface area (Å²) in [5.41, 5.74) is 0.436. The van der Waals surface area contributed by atoms with E-state index >= 15 is 0 Å². The lowest BCUT2D eigenvalue weighted by Crippen LogP contribution is -2.50. The molecule has 1 fully saturated rings. The van der Waals surface area contributed by atoms with E-state index in [0.29, 0.717) is 5.54 Å². The van der Waals surface area contributed by atoms with Crippen LogP contribution in [0.4, 0.5) is 0 Å². The summed E-state index contributed by atoms with van der Waals surface area (Å²) in [7, 11) is 0. The summed E-state index contributed by atoms with van der Waals surface area (Å²) < 4.78 is 0. The van der Waals surface area contributed by atoms with Crippen molar-refractivity contribution >= 4 is 0 Å². The summed E-state index contributed by atoms with van der Waals surface area (Å²) >= 11 is 0. The fourth-order valence-electron chi connectivity index (χ4n) is 2.68. The molecule has 1 atom stereocenters. The first-order valence-electron chi connectivity index (χ1n) is 5.97. The predicted molar refractivity (Wildman–Crippen MR) is 60.5 cm³/mol. The van der Waals surface area contributed by atoms with Gasteiger partial charge in [-0.2, -0.15) is 0 Å². The van der Waals surface area contributed by atoms with Gasteiger partial charge in [-0.25, -0.2) is 0 Å². The van der Waals surface area contributed by atoms with Crippen LogP contribution in [0.1, 0.15) is 32.6 Å². The summed E-state index contributed by atoms with van der Waals surface area (Å²) in [4.78, 5) is 2.59. The van der Waals surface area contributed by atoms with Gasteiger partial charge in [0.1, 0.15) is 0 Å². The van der Waals surface area contributed by atoms with Gasteiger partial charge in [-0.3, -0.25) is 4.90 Å². The van der Waals surface area contributed by atoms with Crippen LogP contribution < -0.4 is 5.32 Å². The monoisotopic (exact) mass is 194 g/mol. The fraction of sp³-hybridized carbons (Fsp3) is 0.833. The molecule has 0 aromatic rings. The van der Waals surface area contributed by atoms with Crippen LogP contribution in [0.3, 0.4) is 0 Å². The number of nitrogens with one attached hydrogen (secondary N) is 1. The van der Waals surface area contributed by atoms with E-state index in [0.717, 1.165) is 6.54 Å². The lowest BCUT2D eigenvalue weighted by atomic mass is 9.93. The first kappa shape index (κ1) is 10.2. The molecular weight excluding hydrogens is 172 g/mol. The Labute approximate surface area is 87.4 Å². The number of rotatable bonds is 3. The zero-order chi connectivity index (χ0) is 9.86. The standard InChI is InChI=1S/C12H22N2/c1-2-12(7-6-8-13-12)11-14-9-4-3-5-10-14/h3-4,13H,2,5-11H2,1H3. The van der Waals surface area contributed by atoms with Crippen molar-refractivity contribution in [2.24, 2.45) is 0 Å². The number of hydrogen-bond acceptors (Lipinski definition) is 2. The highest BCUT2D eigenvalue weighted by Crippen LogP contribution is 2.24. The van der Waals surface area contributed by atoms with E-state index in [9.17, 15) is 0 Å². The van der Waals surface area contributed by atoms with Crippen molar-refractivity contribution in [3.63, 3.8) is 0 Å². The van der Waals surface area contributed by atoms with Gasteiger partial charge in [-0.05, 0) is 32.2 Å². The maximum atomic E-state index is 3.70. The molecule has 14 heavy (non-hydrogen) atoms. The van der Waals surface area contributed by atoms with Crippen LogP contribution in [-0.4, -0.2) is 36.6 Å². The van der Waals surface area contributed by atoms with Gasteiger partial charge < -0.3 is 5.32 Å². The van der Waals surface area contributed by atoms with Gasteiger partial charge in [0.25, 0.3) is 0 Å². The molecule has 2 aliphatic heterocycles. The smallest absolute Gasteiger partial charge is 0.0306 e. The molecule has 2 nitrogen and oxygen atoms in total. The quantitative estimate of drug-likeness (QED) is 0.689. The maximum absolute atomic E-state index is 3.70. The molecule has 2 rings (SSSR count). The molecule has 0 radical (unpaired) electrons. The topological polar surface area (TPSA) is 15.3 Å². The summed E-state index contributed by atoms with van der Waals surface area (Å²) in [6.07, 6.45) is 9.84. The van der Waals surface area contributed by atoms with Crippen LogP contribution in [-0.2, 0) is 0 Å². The molecule has 0 aromatic heterocycles. The second-order valence-corrected chi connectivity index (χ2v) is 4.66. The van der Waals surface area contributed by atoms with Crippen LogP contribution in [0.15, 0.2) is 12.2 Å². The van der Waals surface area contributed by atoms with Crippen LogP contribution in [0, 0.1) is 0 Å². The van der Waals surface area contributed by atoms with Crippen LogP contribution >= 0.6 is 0 Å². The Morgan fingerprint density at radius 3 is 2.93 bits per heavy atom. The summed E-state index contributed by atoms with van der Waals surface area (Å²) in [5, 5.41) is 3.70. The number of hydrogen-bond donors (Lipinski definition) is 1. The molecule has 2 heterocycles. The Balaban J connectivity index is 1.90. The Hall–Kier alpha value is -0.340. The van der Waals surface area contributed by atoms with Gasteiger partial charge >= 0.3 is 0 Å². The fourth-order valence-corrected chi connectivity index (χ4v) is 2.68. The molecule has 0 aliphatic carbocycles. The molecule has 0 saturated carbocycles. The van der Waals surface area contributed by atoms with E-state index in [2.05, 4.69) is 29.3 Å². The highest BCUT2D eigenvalue weighted by atomic mass is 15.2. The highest BCUT2D eigenvalue weighted by Gasteiger charge is 2.33. The maximum Gasteiger partial charge on any atom is 0.0306 e. The SMILES string of the molecule is CCC1(CN2CC=CCC2)CCCN1. The summed E-state index contributed by atoms with van der Waals surface area (Å²) in [6, 6.07) is 0. The minimum Gasteiger partial charge on any atom is -0.310 e. The van der Waals surface area contributed by atoms with Crippen molar-refractivity contribution in [1.29, 1.82) is 0 Å². The van der Waals surface area contributed by atoms with Gasteiger partial charge in [0.15, 0.2) is 0 Å². The molecule has 80 valence electrons. The molecule has 0 amide bonds. The average molecular weight is 194 g/mol. The van der Waals surface area contributed by atoms with Gasteiger partial charge in [-0.1, -0.05) is 19.1 Å². The lowest BCUT2D eigenvalue weighted by molar-refractivity contribution is 0.200. The largest absolute Gasteiger partial charge is 0.310 e. The third kappa shape index (κ3) is 2.18. The van der Waals surface area contributed by atoms with Gasteiger partial charge in [0.05, 0.1) is 0 Å². The molecule has 1 unspecified atom stereocenters. The minimum absolute atomic E-state index is 0.436. The third-order valence-electron chi connectivity index (χ3n) is 3.68. The Kier molecular flexibility index (Phi) is 3.24. The Morgan fingerprint density at radius 1 is 1.43 bits per heavy atom. The van der Waals surface area contributed by atoms with Gasteiger partial charge in [0, 0.05) is 25.2 Å². The lowest BCUT2D eigenvalue weighted by Gasteiger charge is -2.35. The van der Waals surface area contributed by atoms with Crippen molar-refractivity contribution < 1.29 is 0 Å². The van der Waals surface area contributed by atoms with Crippen LogP contribution in [0.25, 0.3) is 0 Å². The third-order valence-corrected chi connectivity index (χ3v) is 3.68. The molecule has 1 N–H and O–H groups in total. The van der Waals surface area contributed by atoms with E-state index in [4.69, 9.17) is 0 Å². The zero-order valence-corrected chi connectivity index (χ0v) is 9.26. The van der Waals surface area contributed by atoms with E-state index < -0.39 is 0 Å².